The number of ether oxygens (including phenoxy) is 1. The van der Waals surface area contributed by atoms with Crippen molar-refractivity contribution in [2.75, 3.05) is 13.2 Å². The first-order valence-corrected chi connectivity index (χ1v) is 7.75. The average molecular weight is 261 g/mol. The quantitative estimate of drug-likeness (QED) is 0.717. The van der Waals surface area contributed by atoms with Crippen LogP contribution >= 0.6 is 0 Å². The monoisotopic (exact) mass is 261 g/mol. The van der Waals surface area contributed by atoms with Crippen molar-refractivity contribution in [1.82, 2.24) is 5.32 Å². The van der Waals surface area contributed by atoms with Gasteiger partial charge in [-0.1, -0.05) is 44.0 Å². The van der Waals surface area contributed by atoms with Gasteiger partial charge in [0.05, 0.1) is 6.61 Å². The zero-order chi connectivity index (χ0) is 13.3. The molecular weight excluding hydrogens is 234 g/mol. The highest BCUT2D eigenvalue weighted by Gasteiger charge is 2.14. The first-order chi connectivity index (χ1) is 9.40. The van der Waals surface area contributed by atoms with E-state index in [1.165, 1.54) is 43.2 Å². The van der Waals surface area contributed by atoms with Gasteiger partial charge in [0.15, 0.2) is 0 Å². The van der Waals surface area contributed by atoms with E-state index in [0.29, 0.717) is 0 Å². The summed E-state index contributed by atoms with van der Waals surface area (Å²) >= 11 is 0. The van der Waals surface area contributed by atoms with Crippen molar-refractivity contribution in [2.24, 2.45) is 5.92 Å². The highest BCUT2D eigenvalue weighted by atomic mass is 16.5. The lowest BCUT2D eigenvalue weighted by Crippen LogP contribution is -2.15. The summed E-state index contributed by atoms with van der Waals surface area (Å²) in [6, 6.07) is 8.62. The van der Waals surface area contributed by atoms with E-state index in [4.69, 9.17) is 4.74 Å². The van der Waals surface area contributed by atoms with Crippen LogP contribution < -0.4 is 5.32 Å². The maximum absolute atomic E-state index is 5.92. The molecule has 19 heavy (non-hydrogen) atoms. The van der Waals surface area contributed by atoms with Gasteiger partial charge in [0, 0.05) is 13.2 Å². The minimum absolute atomic E-state index is 0.764. The van der Waals surface area contributed by atoms with Gasteiger partial charge in [-0.15, -0.1) is 0 Å². The molecule has 2 rings (SSSR count). The van der Waals surface area contributed by atoms with Crippen LogP contribution in [-0.4, -0.2) is 13.2 Å². The Morgan fingerprint density at radius 2 is 1.89 bits per heavy atom. The minimum Gasteiger partial charge on any atom is -0.376 e. The zero-order valence-electron chi connectivity index (χ0n) is 12.2. The molecule has 1 fully saturated rings. The van der Waals surface area contributed by atoms with Crippen molar-refractivity contribution >= 4 is 0 Å². The van der Waals surface area contributed by atoms with Gasteiger partial charge in [-0.2, -0.15) is 0 Å². The molecule has 0 heterocycles. The highest BCUT2D eigenvalue weighted by molar-refractivity contribution is 5.26. The Balaban J connectivity index is 1.77. The predicted molar refractivity (Wildman–Crippen MR) is 80.1 cm³/mol. The maximum Gasteiger partial charge on any atom is 0.0720 e. The van der Waals surface area contributed by atoms with E-state index in [9.17, 15) is 0 Å². The van der Waals surface area contributed by atoms with Crippen molar-refractivity contribution in [3.63, 3.8) is 0 Å². The third-order valence-corrected chi connectivity index (χ3v) is 3.95. The molecule has 0 aliphatic heterocycles. The second-order valence-corrected chi connectivity index (χ2v) is 5.61. The van der Waals surface area contributed by atoms with E-state index in [0.717, 1.165) is 32.2 Å². The SMILES string of the molecule is CCCNCc1ccccc1COCC1CCCC1. The van der Waals surface area contributed by atoms with Crippen LogP contribution in [0.1, 0.15) is 50.2 Å². The molecule has 1 aromatic carbocycles. The molecule has 2 nitrogen and oxygen atoms in total. The Hall–Kier alpha value is -0.860. The fraction of sp³-hybridized carbons (Fsp3) is 0.647. The van der Waals surface area contributed by atoms with Gasteiger partial charge in [-0.3, -0.25) is 0 Å². The van der Waals surface area contributed by atoms with Crippen LogP contribution in [0.4, 0.5) is 0 Å². The molecule has 1 N–H and O–H groups in total. The van der Waals surface area contributed by atoms with Crippen LogP contribution in [0.5, 0.6) is 0 Å². The van der Waals surface area contributed by atoms with E-state index in [-0.39, 0.29) is 0 Å². The molecule has 0 amide bonds. The van der Waals surface area contributed by atoms with E-state index in [1.807, 2.05) is 0 Å². The number of benzene rings is 1. The summed E-state index contributed by atoms with van der Waals surface area (Å²) in [6.07, 6.45) is 6.69. The highest BCUT2D eigenvalue weighted by Crippen LogP contribution is 2.25. The summed E-state index contributed by atoms with van der Waals surface area (Å²) in [7, 11) is 0. The average Bonchev–Trinajstić information content (AvgIpc) is 2.94. The Kier molecular flexibility index (Phi) is 6.38. The first kappa shape index (κ1) is 14.5. The number of hydrogen-bond acceptors (Lipinski definition) is 2. The fourth-order valence-electron chi connectivity index (χ4n) is 2.78. The smallest absolute Gasteiger partial charge is 0.0720 e. The summed E-state index contributed by atoms with van der Waals surface area (Å²) in [4.78, 5) is 0. The van der Waals surface area contributed by atoms with Crippen LogP contribution in [-0.2, 0) is 17.9 Å². The van der Waals surface area contributed by atoms with Gasteiger partial charge < -0.3 is 10.1 Å². The van der Waals surface area contributed by atoms with Crippen molar-refractivity contribution in [3.8, 4) is 0 Å². The lowest BCUT2D eigenvalue weighted by molar-refractivity contribution is 0.0884. The molecule has 1 saturated carbocycles. The molecule has 0 spiro atoms. The lowest BCUT2D eigenvalue weighted by Gasteiger charge is -2.13. The van der Waals surface area contributed by atoms with Gasteiger partial charge in [-0.05, 0) is 42.9 Å². The largest absolute Gasteiger partial charge is 0.376 e. The van der Waals surface area contributed by atoms with Crippen LogP contribution in [0.2, 0.25) is 0 Å². The summed E-state index contributed by atoms with van der Waals surface area (Å²) in [5.41, 5.74) is 2.71. The Labute approximate surface area is 117 Å². The van der Waals surface area contributed by atoms with Crippen LogP contribution in [0, 0.1) is 5.92 Å². The van der Waals surface area contributed by atoms with Crippen molar-refractivity contribution in [1.29, 1.82) is 0 Å². The normalized spacial score (nSPS) is 16.1. The van der Waals surface area contributed by atoms with Crippen molar-refractivity contribution < 1.29 is 4.74 Å². The summed E-state index contributed by atoms with van der Waals surface area (Å²) in [5.74, 6) is 0.811. The second kappa shape index (κ2) is 8.34. The van der Waals surface area contributed by atoms with Gasteiger partial charge in [0.1, 0.15) is 0 Å². The molecule has 0 atom stereocenters. The molecule has 0 unspecified atom stereocenters. The van der Waals surface area contributed by atoms with E-state index >= 15 is 0 Å². The summed E-state index contributed by atoms with van der Waals surface area (Å²) in [5, 5.41) is 3.47. The standard InChI is InChI=1S/C17H27NO/c1-2-11-18-12-16-9-5-6-10-17(16)14-19-13-15-7-3-4-8-15/h5-6,9-10,15,18H,2-4,7-8,11-14H2,1H3. The molecule has 1 aromatic rings. The van der Waals surface area contributed by atoms with Crippen molar-refractivity contribution in [3.05, 3.63) is 35.4 Å². The second-order valence-electron chi connectivity index (χ2n) is 5.61. The van der Waals surface area contributed by atoms with Gasteiger partial charge in [-0.25, -0.2) is 0 Å². The Morgan fingerprint density at radius 3 is 2.63 bits per heavy atom. The minimum atomic E-state index is 0.764. The molecule has 0 radical (unpaired) electrons. The number of rotatable bonds is 8. The zero-order valence-corrected chi connectivity index (χ0v) is 12.2. The summed E-state index contributed by atoms with van der Waals surface area (Å²) in [6.45, 7) is 5.94. The first-order valence-electron chi connectivity index (χ1n) is 7.75. The lowest BCUT2D eigenvalue weighted by atomic mass is 10.1. The molecule has 2 heteroatoms. The van der Waals surface area contributed by atoms with E-state index < -0.39 is 0 Å². The van der Waals surface area contributed by atoms with Crippen molar-refractivity contribution in [2.45, 2.75) is 52.2 Å². The molecule has 0 bridgehead atoms. The Bertz CT molecular complexity index is 358. The molecule has 1 aliphatic carbocycles. The van der Waals surface area contributed by atoms with Crippen LogP contribution in [0.3, 0.4) is 0 Å². The maximum atomic E-state index is 5.92. The van der Waals surface area contributed by atoms with Gasteiger partial charge >= 0.3 is 0 Å². The topological polar surface area (TPSA) is 21.3 Å². The third-order valence-electron chi connectivity index (χ3n) is 3.95. The van der Waals surface area contributed by atoms with E-state index in [1.54, 1.807) is 0 Å². The summed E-state index contributed by atoms with van der Waals surface area (Å²) < 4.78 is 5.92. The Morgan fingerprint density at radius 1 is 1.16 bits per heavy atom. The molecule has 0 saturated heterocycles. The molecule has 1 aliphatic rings. The third kappa shape index (κ3) is 4.96. The van der Waals surface area contributed by atoms with Gasteiger partial charge in [0.2, 0.25) is 0 Å². The number of hydrogen-bond donors (Lipinski definition) is 1. The fourth-order valence-corrected chi connectivity index (χ4v) is 2.78. The molecule has 0 aromatic heterocycles. The number of nitrogens with one attached hydrogen (secondary N) is 1. The van der Waals surface area contributed by atoms with E-state index in [2.05, 4.69) is 36.5 Å². The molecular formula is C17H27NO. The van der Waals surface area contributed by atoms with Crippen LogP contribution in [0.25, 0.3) is 0 Å². The van der Waals surface area contributed by atoms with Gasteiger partial charge in [0.25, 0.3) is 0 Å². The molecule has 106 valence electrons. The predicted octanol–water partition coefficient (Wildman–Crippen LogP) is 3.89. The van der Waals surface area contributed by atoms with Crippen LogP contribution in [0.15, 0.2) is 24.3 Å².